The van der Waals surface area contributed by atoms with Crippen molar-refractivity contribution in [1.29, 1.82) is 0 Å². The van der Waals surface area contributed by atoms with Crippen LogP contribution < -0.4 is 0 Å². The molecule has 0 N–H and O–H groups in total. The number of carbonyl (C=O) groups excluding carboxylic acids is 2. The molecule has 0 aromatic heterocycles. The average molecular weight is 361 g/mol. The first-order valence-corrected chi connectivity index (χ1v) is 7.16. The third-order valence-electron chi connectivity index (χ3n) is 3.45. The van der Waals surface area contributed by atoms with Crippen LogP contribution in [-0.2, 0) is 6.54 Å². The van der Waals surface area contributed by atoms with Crippen molar-refractivity contribution in [3.8, 4) is 0 Å². The first-order chi connectivity index (χ1) is 10.5. The van der Waals surface area contributed by atoms with Crippen molar-refractivity contribution < 1.29 is 14.5 Å². The molecular weight excluding hydrogens is 352 g/mol. The highest BCUT2D eigenvalue weighted by Crippen LogP contribution is 2.29. The van der Waals surface area contributed by atoms with E-state index in [4.69, 9.17) is 0 Å². The molecule has 1 aliphatic rings. The molecule has 0 saturated carbocycles. The molecule has 3 rings (SSSR count). The van der Waals surface area contributed by atoms with Gasteiger partial charge in [0, 0.05) is 16.6 Å². The van der Waals surface area contributed by atoms with Gasteiger partial charge in [0.2, 0.25) is 0 Å². The van der Waals surface area contributed by atoms with Gasteiger partial charge in [-0.1, -0.05) is 34.1 Å². The fourth-order valence-corrected chi connectivity index (χ4v) is 2.74. The van der Waals surface area contributed by atoms with Crippen molar-refractivity contribution >= 4 is 33.4 Å². The Balaban J connectivity index is 1.96. The highest BCUT2D eigenvalue weighted by molar-refractivity contribution is 9.10. The van der Waals surface area contributed by atoms with Gasteiger partial charge in [-0.15, -0.1) is 0 Å². The number of imide groups is 1. The quantitative estimate of drug-likeness (QED) is 0.478. The number of carbonyl (C=O) groups is 2. The van der Waals surface area contributed by atoms with Gasteiger partial charge in [-0.3, -0.25) is 24.6 Å². The molecule has 6 nitrogen and oxygen atoms in total. The Kier molecular flexibility index (Phi) is 3.50. The molecule has 0 spiro atoms. The topological polar surface area (TPSA) is 80.5 Å². The van der Waals surface area contributed by atoms with Gasteiger partial charge in [0.25, 0.3) is 17.5 Å². The van der Waals surface area contributed by atoms with Gasteiger partial charge in [0.1, 0.15) is 0 Å². The molecule has 2 aromatic carbocycles. The van der Waals surface area contributed by atoms with Gasteiger partial charge in [-0.05, 0) is 17.7 Å². The summed E-state index contributed by atoms with van der Waals surface area (Å²) in [7, 11) is 0. The van der Waals surface area contributed by atoms with Crippen molar-refractivity contribution in [3.05, 3.63) is 73.7 Å². The molecule has 0 bridgehead atoms. The number of benzene rings is 2. The van der Waals surface area contributed by atoms with E-state index in [0.717, 1.165) is 21.0 Å². The number of hydrogen-bond donors (Lipinski definition) is 0. The Morgan fingerprint density at radius 1 is 1.05 bits per heavy atom. The molecule has 0 atom stereocenters. The van der Waals surface area contributed by atoms with Crippen molar-refractivity contribution in [1.82, 2.24) is 4.90 Å². The largest absolute Gasteiger partial charge is 0.270 e. The predicted molar refractivity (Wildman–Crippen MR) is 81.4 cm³/mol. The minimum atomic E-state index is -0.589. The van der Waals surface area contributed by atoms with E-state index in [1.807, 2.05) is 18.2 Å². The van der Waals surface area contributed by atoms with Crippen LogP contribution in [0.1, 0.15) is 26.3 Å². The van der Waals surface area contributed by atoms with E-state index in [-0.39, 0.29) is 23.4 Å². The number of nitro groups is 1. The van der Waals surface area contributed by atoms with Crippen LogP contribution in [0, 0.1) is 10.1 Å². The Bertz CT molecular complexity index is 819. The van der Waals surface area contributed by atoms with Crippen LogP contribution in [0.4, 0.5) is 5.69 Å². The Morgan fingerprint density at radius 2 is 1.73 bits per heavy atom. The molecule has 0 radical (unpaired) electrons. The zero-order valence-corrected chi connectivity index (χ0v) is 12.7. The summed E-state index contributed by atoms with van der Waals surface area (Å²) in [5, 5.41) is 10.8. The summed E-state index contributed by atoms with van der Waals surface area (Å²) in [6, 6.07) is 11.0. The minimum absolute atomic E-state index is 0.0752. The van der Waals surface area contributed by atoms with E-state index < -0.39 is 16.7 Å². The van der Waals surface area contributed by atoms with E-state index >= 15 is 0 Å². The van der Waals surface area contributed by atoms with E-state index in [1.165, 1.54) is 12.1 Å². The standard InChI is InChI=1S/C15H9BrN2O4/c16-13-4-2-1-3-9(13)8-17-14(19)11-6-5-10(18(21)22)7-12(11)15(17)20/h1-7H,8H2. The summed E-state index contributed by atoms with van der Waals surface area (Å²) >= 11 is 3.37. The maximum absolute atomic E-state index is 12.4. The smallest absolute Gasteiger partial charge is 0.270 e. The SMILES string of the molecule is O=C1c2ccc([N+](=O)[O-])cc2C(=O)N1Cc1ccccc1Br. The second-order valence-corrected chi connectivity index (χ2v) is 5.63. The molecule has 110 valence electrons. The number of fused-ring (bicyclic) bond motifs is 1. The maximum Gasteiger partial charge on any atom is 0.270 e. The number of nitrogens with zero attached hydrogens (tertiary/aromatic N) is 2. The van der Waals surface area contributed by atoms with Crippen LogP contribution in [-0.4, -0.2) is 21.6 Å². The molecule has 0 fully saturated rings. The van der Waals surface area contributed by atoms with E-state index in [1.54, 1.807) is 6.07 Å². The zero-order chi connectivity index (χ0) is 15.9. The van der Waals surface area contributed by atoms with Crippen molar-refractivity contribution in [2.45, 2.75) is 6.54 Å². The summed E-state index contributed by atoms with van der Waals surface area (Å²) in [4.78, 5) is 36.0. The number of amides is 2. The number of nitro benzene ring substituents is 1. The van der Waals surface area contributed by atoms with Gasteiger partial charge in [-0.25, -0.2) is 0 Å². The van der Waals surface area contributed by atoms with Crippen LogP contribution in [0.2, 0.25) is 0 Å². The first-order valence-electron chi connectivity index (χ1n) is 6.37. The third-order valence-corrected chi connectivity index (χ3v) is 4.23. The second-order valence-electron chi connectivity index (χ2n) is 4.77. The lowest BCUT2D eigenvalue weighted by molar-refractivity contribution is -0.384. The zero-order valence-electron chi connectivity index (χ0n) is 11.2. The highest BCUT2D eigenvalue weighted by atomic mass is 79.9. The molecule has 2 aromatic rings. The van der Waals surface area contributed by atoms with Gasteiger partial charge in [0.05, 0.1) is 22.6 Å². The molecule has 0 unspecified atom stereocenters. The third kappa shape index (κ3) is 2.29. The van der Waals surface area contributed by atoms with Crippen LogP contribution >= 0.6 is 15.9 Å². The normalized spacial score (nSPS) is 13.4. The summed E-state index contributed by atoms with van der Waals surface area (Å²) in [5.74, 6) is -0.954. The molecule has 7 heteroatoms. The lowest BCUT2D eigenvalue weighted by Crippen LogP contribution is -2.29. The Hall–Kier alpha value is -2.54. The second kappa shape index (κ2) is 5.34. The molecule has 1 aliphatic heterocycles. The number of rotatable bonds is 3. The number of non-ortho nitro benzene ring substituents is 1. The van der Waals surface area contributed by atoms with Crippen LogP contribution in [0.3, 0.4) is 0 Å². The Labute approximate surface area is 133 Å². The van der Waals surface area contributed by atoms with E-state index in [0.29, 0.717) is 0 Å². The Morgan fingerprint density at radius 3 is 2.41 bits per heavy atom. The van der Waals surface area contributed by atoms with Gasteiger partial charge < -0.3 is 0 Å². The maximum atomic E-state index is 12.4. The van der Waals surface area contributed by atoms with Gasteiger partial charge >= 0.3 is 0 Å². The molecule has 0 aliphatic carbocycles. The van der Waals surface area contributed by atoms with E-state index in [9.17, 15) is 19.7 Å². The predicted octanol–water partition coefficient (Wildman–Crippen LogP) is 3.15. The fraction of sp³-hybridized carbons (Fsp3) is 0.0667. The van der Waals surface area contributed by atoms with Gasteiger partial charge in [0.15, 0.2) is 0 Å². The van der Waals surface area contributed by atoms with Crippen LogP contribution in [0.25, 0.3) is 0 Å². The van der Waals surface area contributed by atoms with Crippen molar-refractivity contribution in [2.24, 2.45) is 0 Å². The van der Waals surface area contributed by atoms with Gasteiger partial charge in [-0.2, -0.15) is 0 Å². The molecular formula is C15H9BrN2O4. The number of hydrogen-bond acceptors (Lipinski definition) is 4. The summed E-state index contributed by atoms with van der Waals surface area (Å²) in [6.07, 6.45) is 0. The summed E-state index contributed by atoms with van der Waals surface area (Å²) < 4.78 is 0.789. The highest BCUT2D eigenvalue weighted by Gasteiger charge is 2.36. The monoisotopic (exact) mass is 360 g/mol. The fourth-order valence-electron chi connectivity index (χ4n) is 2.33. The summed E-state index contributed by atoms with van der Waals surface area (Å²) in [5.41, 5.74) is 0.850. The average Bonchev–Trinajstić information content (AvgIpc) is 2.74. The molecule has 2 amide bonds. The number of halogens is 1. The van der Waals surface area contributed by atoms with E-state index in [2.05, 4.69) is 15.9 Å². The van der Waals surface area contributed by atoms with Crippen molar-refractivity contribution in [2.75, 3.05) is 0 Å². The first kappa shape index (κ1) is 14.4. The summed E-state index contributed by atoms with van der Waals surface area (Å²) in [6.45, 7) is 0.113. The van der Waals surface area contributed by atoms with Crippen LogP contribution in [0.15, 0.2) is 46.9 Å². The van der Waals surface area contributed by atoms with Crippen molar-refractivity contribution in [3.63, 3.8) is 0 Å². The van der Waals surface area contributed by atoms with Crippen LogP contribution in [0.5, 0.6) is 0 Å². The molecule has 22 heavy (non-hydrogen) atoms. The molecule has 0 saturated heterocycles. The minimum Gasteiger partial charge on any atom is -0.270 e. The molecule has 1 heterocycles. The lowest BCUT2D eigenvalue weighted by Gasteiger charge is -2.14. The lowest BCUT2D eigenvalue weighted by atomic mass is 10.1.